The fourth-order valence-electron chi connectivity index (χ4n) is 4.70. The van der Waals surface area contributed by atoms with Gasteiger partial charge in [0.15, 0.2) is 0 Å². The lowest BCUT2D eigenvalue weighted by Crippen LogP contribution is -2.53. The van der Waals surface area contributed by atoms with Gasteiger partial charge in [0.05, 0.1) is 12.7 Å². The Kier molecular flexibility index (Phi) is 8.22. The molecular weight excluding hydrogens is 430 g/mol. The number of benzene rings is 1. The smallest absolute Gasteiger partial charge is 0.317 e. The zero-order chi connectivity index (χ0) is 23.8. The van der Waals surface area contributed by atoms with Crippen LogP contribution in [0, 0.1) is 5.92 Å². The highest BCUT2D eigenvalue weighted by Crippen LogP contribution is 2.23. The summed E-state index contributed by atoms with van der Waals surface area (Å²) in [6, 6.07) is 11.2. The van der Waals surface area contributed by atoms with Crippen molar-refractivity contribution in [2.75, 3.05) is 44.7 Å². The van der Waals surface area contributed by atoms with Gasteiger partial charge in [-0.1, -0.05) is 31.4 Å². The molecule has 1 aromatic heterocycles. The van der Waals surface area contributed by atoms with Crippen molar-refractivity contribution >= 4 is 17.8 Å². The van der Waals surface area contributed by atoms with Crippen LogP contribution in [0.5, 0.6) is 5.75 Å². The fourth-order valence-corrected chi connectivity index (χ4v) is 4.70. The zero-order valence-electron chi connectivity index (χ0n) is 20.0. The number of pyridine rings is 1. The largest absolute Gasteiger partial charge is 0.497 e. The highest BCUT2D eigenvalue weighted by atomic mass is 16.5. The van der Waals surface area contributed by atoms with Crippen LogP contribution < -0.4 is 20.3 Å². The molecule has 0 radical (unpaired) electrons. The molecule has 2 heterocycles. The molecule has 8 heteroatoms. The first-order chi connectivity index (χ1) is 16.6. The number of amides is 3. The van der Waals surface area contributed by atoms with Gasteiger partial charge in [-0.15, -0.1) is 0 Å². The summed E-state index contributed by atoms with van der Waals surface area (Å²) in [6.07, 6.45) is 8.02. The molecule has 2 aromatic rings. The third-order valence-electron chi connectivity index (χ3n) is 6.78. The van der Waals surface area contributed by atoms with Crippen LogP contribution in [0.4, 0.5) is 10.6 Å². The number of rotatable bonds is 7. The minimum Gasteiger partial charge on any atom is -0.497 e. The predicted molar refractivity (Wildman–Crippen MR) is 132 cm³/mol. The van der Waals surface area contributed by atoms with E-state index < -0.39 is 0 Å². The van der Waals surface area contributed by atoms with Crippen LogP contribution in [0.25, 0.3) is 0 Å². The standard InChI is InChI=1S/C26H35N5O3/c1-34-22-11-9-21(10-12-22)18-28-25(32)23-8-5-13-27-24(23)30-14-16-31(17-15-30)26(33)29-19-20-6-3-2-4-7-20/h5,8-13,20H,2-4,6-7,14-19H2,1H3,(H,28,32)(H,29,33). The molecule has 2 fully saturated rings. The van der Waals surface area contributed by atoms with E-state index in [1.807, 2.05) is 29.2 Å². The van der Waals surface area contributed by atoms with E-state index in [0.717, 1.165) is 17.9 Å². The first-order valence-corrected chi connectivity index (χ1v) is 12.3. The number of nitrogens with one attached hydrogen (secondary N) is 2. The van der Waals surface area contributed by atoms with Gasteiger partial charge < -0.3 is 25.2 Å². The Morgan fingerprint density at radius 2 is 1.74 bits per heavy atom. The molecule has 4 rings (SSSR count). The summed E-state index contributed by atoms with van der Waals surface area (Å²) >= 11 is 0. The number of urea groups is 1. The zero-order valence-corrected chi connectivity index (χ0v) is 20.0. The summed E-state index contributed by atoms with van der Waals surface area (Å²) < 4.78 is 5.18. The molecule has 34 heavy (non-hydrogen) atoms. The Balaban J connectivity index is 1.29. The molecule has 1 aliphatic heterocycles. The molecule has 1 saturated heterocycles. The number of methoxy groups -OCH3 is 1. The average Bonchev–Trinajstić information content (AvgIpc) is 2.91. The quantitative estimate of drug-likeness (QED) is 0.654. The van der Waals surface area contributed by atoms with Crippen molar-refractivity contribution in [1.29, 1.82) is 0 Å². The summed E-state index contributed by atoms with van der Waals surface area (Å²) in [5.74, 6) is 1.90. The van der Waals surface area contributed by atoms with Crippen molar-refractivity contribution < 1.29 is 14.3 Å². The number of carbonyl (C=O) groups is 2. The van der Waals surface area contributed by atoms with E-state index in [0.29, 0.717) is 50.0 Å². The van der Waals surface area contributed by atoms with Gasteiger partial charge in [0.1, 0.15) is 11.6 Å². The number of anilines is 1. The third kappa shape index (κ3) is 6.18. The molecular formula is C26H35N5O3. The predicted octanol–water partition coefficient (Wildman–Crippen LogP) is 3.43. The number of nitrogens with zero attached hydrogens (tertiary/aromatic N) is 3. The molecule has 1 saturated carbocycles. The molecule has 1 aromatic carbocycles. The fraction of sp³-hybridized carbons (Fsp3) is 0.500. The van der Waals surface area contributed by atoms with Gasteiger partial charge in [-0.25, -0.2) is 9.78 Å². The molecule has 0 bridgehead atoms. The van der Waals surface area contributed by atoms with Crippen LogP contribution >= 0.6 is 0 Å². The maximum absolute atomic E-state index is 12.9. The summed E-state index contributed by atoms with van der Waals surface area (Å²) in [5, 5.41) is 6.11. The van der Waals surface area contributed by atoms with Crippen molar-refractivity contribution in [3.63, 3.8) is 0 Å². The number of aromatic nitrogens is 1. The van der Waals surface area contributed by atoms with Gasteiger partial charge in [-0.2, -0.15) is 0 Å². The molecule has 0 unspecified atom stereocenters. The molecule has 0 spiro atoms. The van der Waals surface area contributed by atoms with Crippen LogP contribution in [-0.2, 0) is 6.54 Å². The van der Waals surface area contributed by atoms with Crippen LogP contribution in [0.1, 0.15) is 48.0 Å². The number of hydrogen-bond donors (Lipinski definition) is 2. The van der Waals surface area contributed by atoms with Crippen molar-refractivity contribution in [3.8, 4) is 5.75 Å². The Morgan fingerprint density at radius 3 is 2.44 bits per heavy atom. The van der Waals surface area contributed by atoms with Gasteiger partial charge in [-0.3, -0.25) is 4.79 Å². The highest BCUT2D eigenvalue weighted by molar-refractivity contribution is 5.98. The number of ether oxygens (including phenoxy) is 1. The Labute approximate surface area is 201 Å². The number of piperazine rings is 1. The normalized spacial score (nSPS) is 16.7. The van der Waals surface area contributed by atoms with E-state index in [2.05, 4.69) is 20.5 Å². The third-order valence-corrected chi connectivity index (χ3v) is 6.78. The Bertz CT molecular complexity index is 951. The monoisotopic (exact) mass is 465 g/mol. The van der Waals surface area contributed by atoms with Crippen LogP contribution in [0.3, 0.4) is 0 Å². The van der Waals surface area contributed by atoms with Crippen molar-refractivity contribution in [3.05, 3.63) is 53.7 Å². The number of hydrogen-bond acceptors (Lipinski definition) is 5. The minimum atomic E-state index is -0.161. The molecule has 2 N–H and O–H groups in total. The molecule has 182 valence electrons. The van der Waals surface area contributed by atoms with Crippen LogP contribution in [0.2, 0.25) is 0 Å². The maximum atomic E-state index is 12.9. The Hall–Kier alpha value is -3.29. The van der Waals surface area contributed by atoms with Crippen molar-refractivity contribution in [2.45, 2.75) is 38.6 Å². The maximum Gasteiger partial charge on any atom is 0.317 e. The van der Waals surface area contributed by atoms with E-state index in [9.17, 15) is 9.59 Å². The van der Waals surface area contributed by atoms with Gasteiger partial charge >= 0.3 is 6.03 Å². The summed E-state index contributed by atoms with van der Waals surface area (Å²) in [5.41, 5.74) is 1.54. The summed E-state index contributed by atoms with van der Waals surface area (Å²) in [6.45, 7) is 3.71. The molecule has 1 aliphatic carbocycles. The lowest BCUT2D eigenvalue weighted by Gasteiger charge is -2.36. The Morgan fingerprint density at radius 1 is 1.00 bits per heavy atom. The molecule has 3 amide bonds. The van der Waals surface area contributed by atoms with Crippen LogP contribution in [-0.4, -0.2) is 61.7 Å². The van der Waals surface area contributed by atoms with Crippen molar-refractivity contribution in [2.24, 2.45) is 5.92 Å². The second-order valence-electron chi connectivity index (χ2n) is 9.07. The summed E-state index contributed by atoms with van der Waals surface area (Å²) in [7, 11) is 1.63. The van der Waals surface area contributed by atoms with Crippen molar-refractivity contribution in [1.82, 2.24) is 20.5 Å². The van der Waals surface area contributed by atoms with E-state index in [4.69, 9.17) is 4.74 Å². The lowest BCUT2D eigenvalue weighted by molar-refractivity contribution is 0.0950. The molecule has 2 aliphatic rings. The molecule has 8 nitrogen and oxygen atoms in total. The first-order valence-electron chi connectivity index (χ1n) is 12.3. The highest BCUT2D eigenvalue weighted by Gasteiger charge is 2.25. The first kappa shape index (κ1) is 23.9. The summed E-state index contributed by atoms with van der Waals surface area (Å²) in [4.78, 5) is 34.0. The SMILES string of the molecule is COc1ccc(CNC(=O)c2cccnc2N2CCN(C(=O)NCC3CCCCC3)CC2)cc1. The average molecular weight is 466 g/mol. The van der Waals surface area contributed by atoms with E-state index >= 15 is 0 Å². The topological polar surface area (TPSA) is 86.8 Å². The van der Waals surface area contributed by atoms with Gasteiger partial charge in [-0.05, 0) is 48.6 Å². The van der Waals surface area contributed by atoms with E-state index in [1.165, 1.54) is 32.1 Å². The lowest BCUT2D eigenvalue weighted by atomic mass is 9.89. The van der Waals surface area contributed by atoms with Gasteiger partial charge in [0.25, 0.3) is 5.91 Å². The van der Waals surface area contributed by atoms with E-state index in [-0.39, 0.29) is 11.9 Å². The minimum absolute atomic E-state index is 0.0173. The second kappa shape index (κ2) is 11.7. The van der Waals surface area contributed by atoms with Gasteiger partial charge in [0, 0.05) is 45.5 Å². The second-order valence-corrected chi connectivity index (χ2v) is 9.07. The van der Waals surface area contributed by atoms with Gasteiger partial charge in [0.2, 0.25) is 0 Å². The van der Waals surface area contributed by atoms with Crippen LogP contribution in [0.15, 0.2) is 42.6 Å². The number of carbonyl (C=O) groups excluding carboxylic acids is 2. The molecule has 0 atom stereocenters. The van der Waals surface area contributed by atoms with E-state index in [1.54, 1.807) is 25.4 Å².